The number of thiazole rings is 1. The Morgan fingerprint density at radius 1 is 1.39 bits per heavy atom. The summed E-state index contributed by atoms with van der Waals surface area (Å²) in [6.45, 7) is 1.70. The Hall–Kier alpha value is -1.63. The molecule has 0 aliphatic rings. The van der Waals surface area contributed by atoms with E-state index >= 15 is 0 Å². The number of carbonyl (C=O) groups is 2. The fraction of sp³-hybridized carbons (Fsp3) is 0.267. The largest absolute Gasteiger partial charge is 0.480 e. The molecule has 1 amide bonds. The molecule has 5 nitrogen and oxygen atoms in total. The summed E-state index contributed by atoms with van der Waals surface area (Å²) in [7, 11) is 0. The topological polar surface area (TPSA) is 79.3 Å². The van der Waals surface area contributed by atoms with Gasteiger partial charge >= 0.3 is 5.97 Å². The van der Waals surface area contributed by atoms with E-state index in [1.54, 1.807) is 30.5 Å². The molecule has 1 heterocycles. The molecule has 0 spiro atoms. The van der Waals surface area contributed by atoms with Crippen molar-refractivity contribution in [2.24, 2.45) is 0 Å². The zero-order chi connectivity index (χ0) is 17.0. The number of hydrogen-bond acceptors (Lipinski definition) is 4. The second kappa shape index (κ2) is 7.77. The fourth-order valence-corrected chi connectivity index (χ4v) is 3.34. The number of nitrogens with zero attached hydrogens (tertiary/aromatic N) is 1. The summed E-state index contributed by atoms with van der Waals surface area (Å²) in [5.74, 6) is -1.42. The van der Waals surface area contributed by atoms with Gasteiger partial charge in [-0.2, -0.15) is 0 Å². The number of carbonyl (C=O) groups excluding carboxylic acids is 1. The summed E-state index contributed by atoms with van der Waals surface area (Å²) in [6.07, 6.45) is 0.343. The van der Waals surface area contributed by atoms with Gasteiger partial charge in [0.1, 0.15) is 11.0 Å². The van der Waals surface area contributed by atoms with Crippen LogP contribution in [-0.2, 0) is 16.0 Å². The van der Waals surface area contributed by atoms with E-state index in [0.717, 1.165) is 5.56 Å². The highest BCUT2D eigenvalue weighted by atomic mass is 35.5. The van der Waals surface area contributed by atoms with Gasteiger partial charge in [-0.05, 0) is 24.6 Å². The van der Waals surface area contributed by atoms with Gasteiger partial charge in [0.25, 0.3) is 0 Å². The molecule has 0 bridgehead atoms. The van der Waals surface area contributed by atoms with Crippen LogP contribution in [0.4, 0.5) is 0 Å². The lowest BCUT2D eigenvalue weighted by molar-refractivity contribution is -0.141. The molecule has 0 saturated carbocycles. The molecule has 2 rings (SSSR count). The highest BCUT2D eigenvalue weighted by Crippen LogP contribution is 2.32. The van der Waals surface area contributed by atoms with E-state index in [4.69, 9.17) is 28.3 Å². The maximum Gasteiger partial charge on any atom is 0.326 e. The molecular weight excluding hydrogens is 359 g/mol. The Bertz CT molecular complexity index is 733. The second-order valence-electron chi connectivity index (χ2n) is 4.81. The Morgan fingerprint density at radius 3 is 2.74 bits per heavy atom. The van der Waals surface area contributed by atoms with Gasteiger partial charge in [0.15, 0.2) is 0 Å². The molecule has 2 aromatic rings. The SMILES string of the molecule is CCC(NC(=O)Cc1csc(-c2ccc(Cl)cc2Cl)n1)C(=O)O. The highest BCUT2D eigenvalue weighted by Gasteiger charge is 2.18. The summed E-state index contributed by atoms with van der Waals surface area (Å²) >= 11 is 13.4. The van der Waals surface area contributed by atoms with Crippen molar-refractivity contribution in [3.8, 4) is 10.6 Å². The number of rotatable bonds is 6. The molecule has 8 heteroatoms. The van der Waals surface area contributed by atoms with Crippen molar-refractivity contribution in [1.29, 1.82) is 0 Å². The molecule has 1 aromatic heterocycles. The standard InChI is InChI=1S/C15H14Cl2N2O3S/c1-2-12(15(21)22)19-13(20)6-9-7-23-14(18-9)10-4-3-8(16)5-11(10)17/h3-5,7,12H,2,6H2,1H3,(H,19,20)(H,21,22). The first-order valence-corrected chi connectivity index (χ1v) is 8.46. The highest BCUT2D eigenvalue weighted by molar-refractivity contribution is 7.13. The maximum absolute atomic E-state index is 11.9. The molecule has 122 valence electrons. The van der Waals surface area contributed by atoms with Gasteiger partial charge in [-0.25, -0.2) is 9.78 Å². The van der Waals surface area contributed by atoms with Crippen LogP contribution < -0.4 is 5.32 Å². The van der Waals surface area contributed by atoms with Crippen molar-refractivity contribution < 1.29 is 14.7 Å². The van der Waals surface area contributed by atoms with Gasteiger partial charge in [-0.3, -0.25) is 4.79 Å². The molecule has 2 N–H and O–H groups in total. The van der Waals surface area contributed by atoms with E-state index in [1.807, 2.05) is 0 Å². The van der Waals surface area contributed by atoms with E-state index in [2.05, 4.69) is 10.3 Å². The number of hydrogen-bond donors (Lipinski definition) is 2. The molecule has 0 saturated heterocycles. The van der Waals surface area contributed by atoms with Crippen molar-refractivity contribution in [1.82, 2.24) is 10.3 Å². The minimum absolute atomic E-state index is 0.0193. The lowest BCUT2D eigenvalue weighted by atomic mass is 10.2. The van der Waals surface area contributed by atoms with E-state index in [1.165, 1.54) is 11.3 Å². The van der Waals surface area contributed by atoms with Gasteiger partial charge in [-0.1, -0.05) is 30.1 Å². The summed E-state index contributed by atoms with van der Waals surface area (Å²) in [4.78, 5) is 27.2. The first kappa shape index (κ1) is 17.7. The number of aliphatic carboxylic acids is 1. The Morgan fingerprint density at radius 2 is 2.13 bits per heavy atom. The number of carboxylic acid groups (broad SMARTS) is 1. The van der Waals surface area contributed by atoms with Crippen LogP contribution in [0.5, 0.6) is 0 Å². The Balaban J connectivity index is 2.07. The predicted octanol–water partition coefficient (Wildman–Crippen LogP) is 3.64. The number of aromatic nitrogens is 1. The number of halogens is 2. The van der Waals surface area contributed by atoms with Gasteiger partial charge in [-0.15, -0.1) is 11.3 Å². The van der Waals surface area contributed by atoms with Gasteiger partial charge < -0.3 is 10.4 Å². The summed E-state index contributed by atoms with van der Waals surface area (Å²) in [6, 6.07) is 4.23. The van der Waals surface area contributed by atoms with Crippen molar-refractivity contribution in [3.05, 3.63) is 39.3 Å². The third-order valence-electron chi connectivity index (χ3n) is 3.10. The van der Waals surface area contributed by atoms with Crippen molar-refractivity contribution in [2.45, 2.75) is 25.8 Å². The molecule has 0 radical (unpaired) electrons. The summed E-state index contributed by atoms with van der Waals surface area (Å²) in [5.41, 5.74) is 1.30. The maximum atomic E-state index is 11.9. The smallest absolute Gasteiger partial charge is 0.326 e. The monoisotopic (exact) mass is 372 g/mol. The number of nitrogens with one attached hydrogen (secondary N) is 1. The van der Waals surface area contributed by atoms with E-state index in [0.29, 0.717) is 27.2 Å². The van der Waals surface area contributed by atoms with Crippen molar-refractivity contribution >= 4 is 46.4 Å². The second-order valence-corrected chi connectivity index (χ2v) is 6.51. The van der Waals surface area contributed by atoms with Crippen LogP contribution in [-0.4, -0.2) is 28.0 Å². The van der Waals surface area contributed by atoms with Crippen LogP contribution in [0.3, 0.4) is 0 Å². The van der Waals surface area contributed by atoms with Crippen LogP contribution in [0.15, 0.2) is 23.6 Å². The fourth-order valence-electron chi connectivity index (χ4n) is 1.92. The van der Waals surface area contributed by atoms with E-state index < -0.39 is 12.0 Å². The third kappa shape index (κ3) is 4.67. The molecule has 0 aliphatic heterocycles. The zero-order valence-corrected chi connectivity index (χ0v) is 14.5. The molecule has 0 fully saturated rings. The molecule has 1 unspecified atom stereocenters. The van der Waals surface area contributed by atoms with Crippen molar-refractivity contribution in [2.75, 3.05) is 0 Å². The van der Waals surface area contributed by atoms with E-state index in [-0.39, 0.29) is 12.3 Å². The van der Waals surface area contributed by atoms with Gasteiger partial charge in [0, 0.05) is 16.0 Å². The summed E-state index contributed by atoms with van der Waals surface area (Å²) < 4.78 is 0. The minimum atomic E-state index is -1.05. The first-order valence-electron chi connectivity index (χ1n) is 6.82. The van der Waals surface area contributed by atoms with Crippen LogP contribution in [0, 0.1) is 0 Å². The Kier molecular flexibility index (Phi) is 5.98. The molecule has 23 heavy (non-hydrogen) atoms. The molecule has 1 aromatic carbocycles. The summed E-state index contributed by atoms with van der Waals surface area (Å²) in [5, 5.41) is 14.9. The lowest BCUT2D eigenvalue weighted by Crippen LogP contribution is -2.41. The minimum Gasteiger partial charge on any atom is -0.480 e. The van der Waals surface area contributed by atoms with Crippen LogP contribution >= 0.6 is 34.5 Å². The average Bonchev–Trinajstić information content (AvgIpc) is 2.92. The third-order valence-corrected chi connectivity index (χ3v) is 4.57. The van der Waals surface area contributed by atoms with Gasteiger partial charge in [0.05, 0.1) is 17.1 Å². The zero-order valence-electron chi connectivity index (χ0n) is 12.2. The van der Waals surface area contributed by atoms with Crippen LogP contribution in [0.1, 0.15) is 19.0 Å². The quantitative estimate of drug-likeness (QED) is 0.810. The normalized spacial score (nSPS) is 12.0. The average molecular weight is 373 g/mol. The number of carboxylic acids is 1. The number of amides is 1. The first-order chi connectivity index (χ1) is 10.9. The molecule has 0 aliphatic carbocycles. The van der Waals surface area contributed by atoms with Crippen LogP contribution in [0.2, 0.25) is 10.0 Å². The molecular formula is C15H14Cl2N2O3S. The lowest BCUT2D eigenvalue weighted by Gasteiger charge is -2.11. The molecule has 1 atom stereocenters. The van der Waals surface area contributed by atoms with Crippen molar-refractivity contribution in [3.63, 3.8) is 0 Å². The van der Waals surface area contributed by atoms with E-state index in [9.17, 15) is 9.59 Å². The Labute approximate surface area is 147 Å². The predicted molar refractivity (Wildman–Crippen MR) is 91.1 cm³/mol. The number of benzene rings is 1. The van der Waals surface area contributed by atoms with Gasteiger partial charge in [0.2, 0.25) is 5.91 Å². The van der Waals surface area contributed by atoms with Crippen LogP contribution in [0.25, 0.3) is 10.6 Å².